The number of ether oxygens (including phenoxy) is 2. The Bertz CT molecular complexity index is 409. The lowest BCUT2D eigenvalue weighted by Crippen LogP contribution is -2.21. The molecule has 0 radical (unpaired) electrons. The summed E-state index contributed by atoms with van der Waals surface area (Å²) in [7, 11) is 1.89. The fraction of sp³-hybridized carbons (Fsp3) is 0.385. The van der Waals surface area contributed by atoms with Crippen LogP contribution >= 0.6 is 0 Å². The van der Waals surface area contributed by atoms with Gasteiger partial charge in [0.15, 0.2) is 11.5 Å². The monoisotopic (exact) mass is 217 g/mol. The minimum Gasteiger partial charge on any atom is -0.486 e. The second kappa shape index (κ2) is 4.91. The molecule has 1 heterocycles. The third-order valence-corrected chi connectivity index (χ3v) is 2.64. The van der Waals surface area contributed by atoms with Crippen molar-refractivity contribution in [3.63, 3.8) is 0 Å². The zero-order valence-corrected chi connectivity index (χ0v) is 9.32. The number of nitrogens with one attached hydrogen (secondary N) is 1. The molecule has 1 aromatic rings. The highest BCUT2D eigenvalue weighted by molar-refractivity contribution is 5.49. The van der Waals surface area contributed by atoms with Gasteiger partial charge in [0.1, 0.15) is 13.2 Å². The molecule has 0 amide bonds. The van der Waals surface area contributed by atoms with Crippen LogP contribution in [0.4, 0.5) is 0 Å². The van der Waals surface area contributed by atoms with Gasteiger partial charge in [0.05, 0.1) is 0 Å². The van der Waals surface area contributed by atoms with Crippen molar-refractivity contribution in [3.8, 4) is 23.8 Å². The molecule has 16 heavy (non-hydrogen) atoms. The van der Waals surface area contributed by atoms with E-state index in [9.17, 15) is 0 Å². The van der Waals surface area contributed by atoms with E-state index in [1.165, 1.54) is 0 Å². The number of hydrogen-bond acceptors (Lipinski definition) is 3. The molecule has 84 valence electrons. The molecule has 3 heteroatoms. The molecular weight excluding hydrogens is 202 g/mol. The summed E-state index contributed by atoms with van der Waals surface area (Å²) >= 11 is 0. The molecule has 1 aliphatic rings. The van der Waals surface area contributed by atoms with E-state index in [0.29, 0.717) is 19.6 Å². The van der Waals surface area contributed by atoms with E-state index in [1.54, 1.807) is 0 Å². The van der Waals surface area contributed by atoms with Crippen molar-refractivity contribution in [1.82, 2.24) is 5.32 Å². The number of rotatable bonds is 3. The van der Waals surface area contributed by atoms with Gasteiger partial charge >= 0.3 is 0 Å². The van der Waals surface area contributed by atoms with Crippen molar-refractivity contribution in [3.05, 3.63) is 23.8 Å². The maximum Gasteiger partial charge on any atom is 0.166 e. The molecule has 0 spiro atoms. The highest BCUT2D eigenvalue weighted by Gasteiger charge is 2.20. The lowest BCUT2D eigenvalue weighted by atomic mass is 10.0. The first-order valence-corrected chi connectivity index (χ1v) is 5.36. The van der Waals surface area contributed by atoms with Crippen molar-refractivity contribution >= 4 is 0 Å². The molecule has 0 saturated carbocycles. The normalized spacial score (nSPS) is 15.2. The molecular formula is C13H15NO2. The average molecular weight is 217 g/mol. The summed E-state index contributed by atoms with van der Waals surface area (Å²) < 4.78 is 11.2. The molecule has 1 aliphatic heterocycles. The van der Waals surface area contributed by atoms with Crippen molar-refractivity contribution in [1.29, 1.82) is 0 Å². The predicted molar refractivity (Wildman–Crippen MR) is 62.7 cm³/mol. The fourth-order valence-electron chi connectivity index (χ4n) is 1.86. The van der Waals surface area contributed by atoms with Crippen molar-refractivity contribution in [2.45, 2.75) is 12.5 Å². The van der Waals surface area contributed by atoms with Crippen LogP contribution in [-0.4, -0.2) is 20.3 Å². The Labute approximate surface area is 95.8 Å². The van der Waals surface area contributed by atoms with Crippen LogP contribution in [-0.2, 0) is 0 Å². The van der Waals surface area contributed by atoms with Crippen LogP contribution in [0.2, 0.25) is 0 Å². The van der Waals surface area contributed by atoms with Gasteiger partial charge < -0.3 is 14.8 Å². The van der Waals surface area contributed by atoms with Gasteiger partial charge in [0, 0.05) is 18.0 Å². The number of hydrogen-bond donors (Lipinski definition) is 1. The lowest BCUT2D eigenvalue weighted by Gasteiger charge is -2.24. The topological polar surface area (TPSA) is 30.5 Å². The molecule has 1 atom stereocenters. The standard InChI is InChI=1S/C13H15NO2/c1-3-5-11(14-2)10-6-4-7-12-13(10)16-9-8-15-12/h1,4,6-7,11,14H,5,8-9H2,2H3. The Morgan fingerprint density at radius 3 is 3.00 bits per heavy atom. The highest BCUT2D eigenvalue weighted by Crippen LogP contribution is 2.37. The third kappa shape index (κ3) is 1.98. The van der Waals surface area contributed by atoms with Gasteiger partial charge in [-0.15, -0.1) is 12.3 Å². The zero-order chi connectivity index (χ0) is 11.4. The molecule has 3 nitrogen and oxygen atoms in total. The first-order valence-electron chi connectivity index (χ1n) is 5.36. The van der Waals surface area contributed by atoms with Crippen LogP contribution in [0.3, 0.4) is 0 Å². The Kier molecular flexibility index (Phi) is 3.33. The number of benzene rings is 1. The van der Waals surface area contributed by atoms with Gasteiger partial charge in [0.2, 0.25) is 0 Å². The minimum absolute atomic E-state index is 0.113. The molecule has 1 N–H and O–H groups in total. The molecule has 1 aromatic carbocycles. The van der Waals surface area contributed by atoms with E-state index in [0.717, 1.165) is 17.1 Å². The summed E-state index contributed by atoms with van der Waals surface area (Å²) in [6, 6.07) is 6.01. The lowest BCUT2D eigenvalue weighted by molar-refractivity contribution is 0.169. The van der Waals surface area contributed by atoms with E-state index >= 15 is 0 Å². The minimum atomic E-state index is 0.113. The van der Waals surface area contributed by atoms with Gasteiger partial charge in [-0.2, -0.15) is 0 Å². The van der Waals surface area contributed by atoms with Gasteiger partial charge in [-0.25, -0.2) is 0 Å². The molecule has 0 fully saturated rings. The first kappa shape index (κ1) is 10.8. The zero-order valence-electron chi connectivity index (χ0n) is 9.32. The van der Waals surface area contributed by atoms with Crippen molar-refractivity contribution in [2.24, 2.45) is 0 Å². The Morgan fingerprint density at radius 2 is 2.25 bits per heavy atom. The van der Waals surface area contributed by atoms with Crippen molar-refractivity contribution < 1.29 is 9.47 Å². The van der Waals surface area contributed by atoms with Crippen LogP contribution in [0.25, 0.3) is 0 Å². The van der Waals surface area contributed by atoms with Crippen LogP contribution in [0, 0.1) is 12.3 Å². The van der Waals surface area contributed by atoms with E-state index in [4.69, 9.17) is 15.9 Å². The number of para-hydroxylation sites is 1. The van der Waals surface area contributed by atoms with E-state index < -0.39 is 0 Å². The van der Waals surface area contributed by atoms with Gasteiger partial charge in [-0.3, -0.25) is 0 Å². The van der Waals surface area contributed by atoms with Gasteiger partial charge in [-0.05, 0) is 13.1 Å². The second-order valence-electron chi connectivity index (χ2n) is 3.62. The smallest absolute Gasteiger partial charge is 0.166 e. The summed E-state index contributed by atoms with van der Waals surface area (Å²) in [5, 5.41) is 3.19. The Balaban J connectivity index is 2.36. The van der Waals surface area contributed by atoms with Crippen molar-refractivity contribution in [2.75, 3.05) is 20.3 Å². The van der Waals surface area contributed by atoms with Crippen LogP contribution in [0.15, 0.2) is 18.2 Å². The van der Waals surface area contributed by atoms with Crippen LogP contribution in [0.5, 0.6) is 11.5 Å². The van der Waals surface area contributed by atoms with Gasteiger partial charge in [-0.1, -0.05) is 12.1 Å². The average Bonchev–Trinajstić information content (AvgIpc) is 2.35. The molecule has 0 aliphatic carbocycles. The largest absolute Gasteiger partial charge is 0.486 e. The SMILES string of the molecule is C#CCC(NC)c1cccc2c1OCCO2. The summed E-state index contributed by atoms with van der Waals surface area (Å²) in [5.41, 5.74) is 1.07. The molecule has 0 bridgehead atoms. The third-order valence-electron chi connectivity index (χ3n) is 2.64. The van der Waals surface area contributed by atoms with E-state index in [2.05, 4.69) is 11.2 Å². The number of terminal acetylenes is 1. The maximum atomic E-state index is 5.65. The Hall–Kier alpha value is -1.66. The summed E-state index contributed by atoms with van der Waals surface area (Å²) in [6.07, 6.45) is 5.99. The van der Waals surface area contributed by atoms with Crippen LogP contribution in [0.1, 0.15) is 18.0 Å². The molecule has 1 unspecified atom stereocenters. The molecule has 2 rings (SSSR count). The fourth-order valence-corrected chi connectivity index (χ4v) is 1.86. The van der Waals surface area contributed by atoms with E-state index in [1.807, 2.05) is 25.2 Å². The van der Waals surface area contributed by atoms with Gasteiger partial charge in [0.25, 0.3) is 0 Å². The second-order valence-corrected chi connectivity index (χ2v) is 3.62. The molecule has 0 saturated heterocycles. The first-order chi connectivity index (χ1) is 7.86. The maximum absolute atomic E-state index is 5.65. The highest BCUT2D eigenvalue weighted by atomic mass is 16.6. The Morgan fingerprint density at radius 1 is 1.44 bits per heavy atom. The summed E-state index contributed by atoms with van der Waals surface area (Å²) in [5.74, 6) is 4.29. The quantitative estimate of drug-likeness (QED) is 0.782. The summed E-state index contributed by atoms with van der Waals surface area (Å²) in [6.45, 7) is 1.20. The predicted octanol–water partition coefficient (Wildman–Crippen LogP) is 1.74. The molecule has 0 aromatic heterocycles. The summed E-state index contributed by atoms with van der Waals surface area (Å²) in [4.78, 5) is 0. The number of fused-ring (bicyclic) bond motifs is 1. The van der Waals surface area contributed by atoms with Crippen LogP contribution < -0.4 is 14.8 Å². The van der Waals surface area contributed by atoms with E-state index in [-0.39, 0.29) is 6.04 Å².